The molecule has 116 valence electrons. The zero-order chi connectivity index (χ0) is 15.7. The average Bonchev–Trinajstić information content (AvgIpc) is 3.18. The maximum Gasteiger partial charge on any atom is 0.308 e. The summed E-state index contributed by atoms with van der Waals surface area (Å²) in [6, 6.07) is 3.83. The van der Waals surface area contributed by atoms with Crippen molar-refractivity contribution in [2.24, 2.45) is 5.92 Å². The molecule has 1 aliphatic rings. The second-order valence-electron chi connectivity index (χ2n) is 5.34. The number of amides is 1. The first kappa shape index (κ1) is 14.8. The number of carboxylic acids is 1. The van der Waals surface area contributed by atoms with Crippen molar-refractivity contribution in [3.63, 3.8) is 0 Å². The van der Waals surface area contributed by atoms with Crippen LogP contribution < -0.4 is 0 Å². The van der Waals surface area contributed by atoms with Gasteiger partial charge < -0.3 is 14.4 Å². The van der Waals surface area contributed by atoms with Crippen LogP contribution >= 0.6 is 11.3 Å². The van der Waals surface area contributed by atoms with Crippen LogP contribution in [0.3, 0.4) is 0 Å². The van der Waals surface area contributed by atoms with Gasteiger partial charge in [-0.05, 0) is 24.8 Å². The molecule has 0 aromatic carbocycles. The van der Waals surface area contributed by atoms with Crippen molar-refractivity contribution >= 4 is 23.2 Å². The Hall–Kier alpha value is -2.15. The summed E-state index contributed by atoms with van der Waals surface area (Å²) in [6.45, 7) is 2.56. The summed E-state index contributed by atoms with van der Waals surface area (Å²) in [5.41, 5.74) is 0.618. The third-order valence-electron chi connectivity index (χ3n) is 3.83. The average molecular weight is 320 g/mol. The molecule has 1 unspecified atom stereocenters. The third kappa shape index (κ3) is 2.89. The topological polar surface area (TPSA) is 83.6 Å². The van der Waals surface area contributed by atoms with E-state index in [0.29, 0.717) is 30.3 Å². The van der Waals surface area contributed by atoms with Gasteiger partial charge in [-0.15, -0.1) is 11.3 Å². The fourth-order valence-corrected chi connectivity index (χ4v) is 3.19. The summed E-state index contributed by atoms with van der Waals surface area (Å²) in [7, 11) is 0. The molecular weight excluding hydrogens is 304 g/mol. The van der Waals surface area contributed by atoms with E-state index in [9.17, 15) is 9.59 Å². The molecule has 1 atom stereocenters. The molecule has 1 aliphatic heterocycles. The lowest BCUT2D eigenvalue weighted by Gasteiger charge is -2.14. The number of rotatable bonds is 4. The van der Waals surface area contributed by atoms with Crippen LogP contribution in [0.4, 0.5) is 0 Å². The van der Waals surface area contributed by atoms with E-state index >= 15 is 0 Å². The maximum absolute atomic E-state index is 12.3. The maximum atomic E-state index is 12.3. The van der Waals surface area contributed by atoms with Gasteiger partial charge in [-0.1, -0.05) is 6.07 Å². The summed E-state index contributed by atoms with van der Waals surface area (Å²) in [4.78, 5) is 30.2. The molecule has 0 aliphatic carbocycles. The van der Waals surface area contributed by atoms with E-state index in [0.717, 1.165) is 4.88 Å². The van der Waals surface area contributed by atoms with E-state index in [1.54, 1.807) is 11.8 Å². The van der Waals surface area contributed by atoms with Crippen molar-refractivity contribution in [1.82, 2.24) is 9.88 Å². The van der Waals surface area contributed by atoms with E-state index in [4.69, 9.17) is 9.52 Å². The molecule has 2 aromatic rings. The summed E-state index contributed by atoms with van der Waals surface area (Å²) in [5.74, 6) is -0.235. The first-order valence-corrected chi connectivity index (χ1v) is 7.93. The van der Waals surface area contributed by atoms with Gasteiger partial charge in [-0.3, -0.25) is 9.59 Å². The van der Waals surface area contributed by atoms with Crippen LogP contribution in [0.5, 0.6) is 0 Å². The van der Waals surface area contributed by atoms with Crippen LogP contribution in [-0.2, 0) is 16.0 Å². The van der Waals surface area contributed by atoms with E-state index < -0.39 is 11.9 Å². The molecule has 1 fully saturated rings. The highest BCUT2D eigenvalue weighted by atomic mass is 32.1. The van der Waals surface area contributed by atoms with Gasteiger partial charge in [-0.25, -0.2) is 4.98 Å². The Bertz CT molecular complexity index is 692. The Balaban J connectivity index is 1.69. The summed E-state index contributed by atoms with van der Waals surface area (Å²) >= 11 is 1.53. The molecule has 2 aromatic heterocycles. The first-order chi connectivity index (χ1) is 10.5. The van der Waals surface area contributed by atoms with E-state index in [-0.39, 0.29) is 18.9 Å². The molecule has 1 N–H and O–H groups in total. The molecule has 0 saturated carbocycles. The molecule has 0 radical (unpaired) electrons. The molecule has 22 heavy (non-hydrogen) atoms. The van der Waals surface area contributed by atoms with E-state index in [2.05, 4.69) is 4.98 Å². The number of hydrogen-bond acceptors (Lipinski definition) is 5. The fraction of sp³-hybridized carbons (Fsp3) is 0.400. The Labute approximate surface area is 131 Å². The first-order valence-electron chi connectivity index (χ1n) is 7.05. The number of carbonyl (C=O) groups is 2. The van der Waals surface area contributed by atoms with Gasteiger partial charge in [0, 0.05) is 13.1 Å². The number of oxazole rings is 1. The number of carboxylic acid groups (broad SMARTS) is 1. The van der Waals surface area contributed by atoms with Crippen LogP contribution in [0.25, 0.3) is 10.8 Å². The number of carbonyl (C=O) groups excluding carboxylic acids is 1. The van der Waals surface area contributed by atoms with Gasteiger partial charge >= 0.3 is 5.97 Å². The zero-order valence-electron chi connectivity index (χ0n) is 12.1. The fourth-order valence-electron chi connectivity index (χ4n) is 2.54. The lowest BCUT2D eigenvalue weighted by atomic mass is 10.1. The van der Waals surface area contributed by atoms with Crippen molar-refractivity contribution in [2.45, 2.75) is 19.8 Å². The van der Waals surface area contributed by atoms with Crippen molar-refractivity contribution in [2.75, 3.05) is 13.1 Å². The lowest BCUT2D eigenvalue weighted by molar-refractivity contribution is -0.141. The van der Waals surface area contributed by atoms with Crippen molar-refractivity contribution in [3.8, 4) is 10.8 Å². The van der Waals surface area contributed by atoms with Gasteiger partial charge in [0.15, 0.2) is 0 Å². The van der Waals surface area contributed by atoms with Crippen LogP contribution in [0.15, 0.2) is 21.9 Å². The quantitative estimate of drug-likeness (QED) is 0.933. The van der Waals surface area contributed by atoms with Crippen molar-refractivity contribution in [3.05, 3.63) is 29.0 Å². The molecule has 3 heterocycles. The molecule has 6 nitrogen and oxygen atoms in total. The van der Waals surface area contributed by atoms with Gasteiger partial charge in [0.25, 0.3) is 0 Å². The molecule has 0 spiro atoms. The molecule has 1 saturated heterocycles. The Kier molecular flexibility index (Phi) is 3.98. The number of aryl methyl sites for hydroxylation is 1. The van der Waals surface area contributed by atoms with Gasteiger partial charge in [-0.2, -0.15) is 0 Å². The summed E-state index contributed by atoms with van der Waals surface area (Å²) < 4.78 is 5.62. The smallest absolute Gasteiger partial charge is 0.308 e. The van der Waals surface area contributed by atoms with Crippen LogP contribution in [-0.4, -0.2) is 40.0 Å². The van der Waals surface area contributed by atoms with Crippen LogP contribution in [0, 0.1) is 12.8 Å². The van der Waals surface area contributed by atoms with Gasteiger partial charge in [0.1, 0.15) is 5.76 Å². The Morgan fingerprint density at radius 2 is 2.36 bits per heavy atom. The Morgan fingerprint density at radius 1 is 1.55 bits per heavy atom. The van der Waals surface area contributed by atoms with Gasteiger partial charge in [0.2, 0.25) is 11.8 Å². The van der Waals surface area contributed by atoms with Crippen LogP contribution in [0.1, 0.15) is 17.9 Å². The standard InChI is InChI=1S/C15H16N2O4S/c1-9-11(16-14(21-9)12-3-2-6-22-12)7-13(18)17-5-4-10(8-17)15(19)20/h2-3,6,10H,4-5,7-8H2,1H3,(H,19,20). The number of aliphatic carboxylic acids is 1. The van der Waals surface area contributed by atoms with Crippen molar-refractivity contribution < 1.29 is 19.1 Å². The van der Waals surface area contributed by atoms with Crippen LogP contribution in [0.2, 0.25) is 0 Å². The minimum atomic E-state index is -0.840. The highest BCUT2D eigenvalue weighted by molar-refractivity contribution is 7.13. The molecule has 0 bridgehead atoms. The number of thiophene rings is 1. The second kappa shape index (κ2) is 5.92. The predicted molar refractivity (Wildman–Crippen MR) is 80.6 cm³/mol. The largest absolute Gasteiger partial charge is 0.481 e. The SMILES string of the molecule is Cc1oc(-c2cccs2)nc1CC(=O)N1CCC(C(=O)O)C1. The van der Waals surface area contributed by atoms with Gasteiger partial charge in [0.05, 0.1) is 22.9 Å². The summed E-state index contributed by atoms with van der Waals surface area (Å²) in [6.07, 6.45) is 0.659. The summed E-state index contributed by atoms with van der Waals surface area (Å²) in [5, 5.41) is 10.9. The number of hydrogen-bond donors (Lipinski definition) is 1. The molecule has 3 rings (SSSR count). The number of aromatic nitrogens is 1. The second-order valence-corrected chi connectivity index (χ2v) is 6.29. The zero-order valence-corrected chi connectivity index (χ0v) is 12.9. The third-order valence-corrected chi connectivity index (χ3v) is 4.69. The highest BCUT2D eigenvalue weighted by Crippen LogP contribution is 2.26. The monoisotopic (exact) mass is 320 g/mol. The minimum Gasteiger partial charge on any atom is -0.481 e. The lowest BCUT2D eigenvalue weighted by Crippen LogP contribution is -2.31. The minimum absolute atomic E-state index is 0.0992. The van der Waals surface area contributed by atoms with Crippen molar-refractivity contribution in [1.29, 1.82) is 0 Å². The number of nitrogens with zero attached hydrogens (tertiary/aromatic N) is 2. The Morgan fingerprint density at radius 3 is 3.00 bits per heavy atom. The molecular formula is C15H16N2O4S. The number of likely N-dealkylation sites (tertiary alicyclic amines) is 1. The van der Waals surface area contributed by atoms with E-state index in [1.807, 2.05) is 17.5 Å². The normalized spacial score (nSPS) is 17.9. The highest BCUT2D eigenvalue weighted by Gasteiger charge is 2.31. The molecule has 7 heteroatoms. The predicted octanol–water partition coefficient (Wildman–Crippen LogP) is 2.19. The molecule has 1 amide bonds. The van der Waals surface area contributed by atoms with E-state index in [1.165, 1.54) is 11.3 Å².